The monoisotopic (exact) mass is 646 g/mol. The summed E-state index contributed by atoms with van der Waals surface area (Å²) in [5.74, 6) is -0.184. The summed E-state index contributed by atoms with van der Waals surface area (Å²) in [4.78, 5) is 37.5. The maximum absolute atomic E-state index is 13.1. The Hall–Kier alpha value is -1.75. The first-order chi connectivity index (χ1) is 21.3. The molecule has 10 heteroatoms. The zero-order chi connectivity index (χ0) is 33.8. The van der Waals surface area contributed by atoms with Crippen LogP contribution >= 0.6 is 0 Å². The molecule has 0 radical (unpaired) electrons. The van der Waals surface area contributed by atoms with Crippen LogP contribution in [0.5, 0.6) is 0 Å². The molecule has 1 aliphatic heterocycles. The van der Waals surface area contributed by atoms with Crippen molar-refractivity contribution in [2.75, 3.05) is 13.1 Å². The highest BCUT2D eigenvalue weighted by molar-refractivity contribution is 5.72. The van der Waals surface area contributed by atoms with Crippen molar-refractivity contribution < 1.29 is 38.4 Å². The fraction of sp³-hybridized carbons (Fsp3) is 0.917. The number of carbonyl (C=O) groups is 3. The van der Waals surface area contributed by atoms with Crippen LogP contribution in [0.15, 0.2) is 0 Å². The Kier molecular flexibility index (Phi) is 8.07. The summed E-state index contributed by atoms with van der Waals surface area (Å²) >= 11 is 0. The molecule has 1 saturated heterocycles. The van der Waals surface area contributed by atoms with Crippen molar-refractivity contribution >= 4 is 17.9 Å². The molecule has 1 heterocycles. The van der Waals surface area contributed by atoms with Crippen LogP contribution < -0.4 is 11.5 Å². The van der Waals surface area contributed by atoms with E-state index in [1.807, 2.05) is 0 Å². The van der Waals surface area contributed by atoms with Crippen molar-refractivity contribution in [2.24, 2.45) is 62.2 Å². The molecule has 9 unspecified atom stereocenters. The molecule has 0 aromatic heterocycles. The van der Waals surface area contributed by atoms with Crippen LogP contribution in [0.2, 0.25) is 0 Å². The van der Waals surface area contributed by atoms with E-state index < -0.39 is 42.0 Å². The number of ether oxygens (including phenoxy) is 4. The fourth-order valence-corrected chi connectivity index (χ4v) is 13.1. The van der Waals surface area contributed by atoms with E-state index in [1.54, 1.807) is 13.8 Å². The molecule has 6 rings (SSSR count). The predicted molar refractivity (Wildman–Crippen MR) is 170 cm³/mol. The number of hydrogen-bond acceptors (Lipinski definition) is 10. The van der Waals surface area contributed by atoms with Gasteiger partial charge in [0.2, 0.25) is 0 Å². The summed E-state index contributed by atoms with van der Waals surface area (Å²) in [5.41, 5.74) is 9.77. The minimum atomic E-state index is -1.32. The molecule has 0 bridgehead atoms. The molecule has 6 aliphatic rings. The molecule has 13 atom stereocenters. The molecule has 6 fully saturated rings. The molecule has 0 amide bonds. The molecular weight excluding hydrogens is 588 g/mol. The summed E-state index contributed by atoms with van der Waals surface area (Å²) in [6, 6.07) is 0. The lowest BCUT2D eigenvalue weighted by atomic mass is 9.41. The number of fused-ring (bicyclic) bond motifs is 4. The highest BCUT2D eigenvalue weighted by Crippen LogP contribution is 2.89. The Morgan fingerprint density at radius 2 is 1.54 bits per heavy atom. The van der Waals surface area contributed by atoms with Crippen molar-refractivity contribution in [3.05, 3.63) is 0 Å². The Morgan fingerprint density at radius 3 is 2.15 bits per heavy atom. The lowest BCUT2D eigenvalue weighted by Gasteiger charge is -2.63. The molecule has 5 N–H and O–H groups in total. The van der Waals surface area contributed by atoms with E-state index in [1.165, 1.54) is 6.92 Å². The largest absolute Gasteiger partial charge is 0.461 e. The lowest BCUT2D eigenvalue weighted by Crippen LogP contribution is -2.60. The number of hydrogen-bond donors (Lipinski definition) is 3. The van der Waals surface area contributed by atoms with Crippen LogP contribution in [0.25, 0.3) is 0 Å². The first-order valence-corrected chi connectivity index (χ1v) is 17.7. The topological polar surface area (TPSA) is 160 Å². The first kappa shape index (κ1) is 34.1. The van der Waals surface area contributed by atoms with Crippen LogP contribution in [0, 0.1) is 50.7 Å². The second-order valence-corrected chi connectivity index (χ2v) is 17.6. The molecule has 260 valence electrons. The van der Waals surface area contributed by atoms with Gasteiger partial charge in [-0.25, -0.2) is 0 Å². The average Bonchev–Trinajstić information content (AvgIpc) is 3.59. The third-order valence-electron chi connectivity index (χ3n) is 14.9. The molecule has 5 aliphatic carbocycles. The number of aliphatic hydroxyl groups is 1. The molecular formula is C36H58N2O8. The van der Waals surface area contributed by atoms with E-state index in [9.17, 15) is 19.5 Å². The smallest absolute Gasteiger partial charge is 0.320 e. The van der Waals surface area contributed by atoms with Crippen LogP contribution in [0.1, 0.15) is 107 Å². The standard InChI is InChI=1S/C36H58N2O8/c1-19-15-21(29(32(5,6)42)43-20(2)39)44-28-27(19)33(7)13-14-36-18-35(36)12-11-24(45-25(40)16-37)31(3,4)22(35)9-10-23(36)34(33,8)30(28)46-26(41)17-38/h19,21-24,27-30,42H,9-18,37-38H2,1-8H3/t19-,21?,22+,23?,24?,27?,28?,29?,30+,33?,34-,35?,36?/m1/s1. The number of carbonyl (C=O) groups excluding carboxylic acids is 3. The highest BCUT2D eigenvalue weighted by Gasteiger charge is 2.85. The number of rotatable bonds is 7. The third kappa shape index (κ3) is 4.51. The maximum Gasteiger partial charge on any atom is 0.320 e. The van der Waals surface area contributed by atoms with E-state index >= 15 is 0 Å². The minimum absolute atomic E-state index is 0.102. The fourth-order valence-electron chi connectivity index (χ4n) is 13.1. The maximum atomic E-state index is 13.1. The van der Waals surface area contributed by atoms with Gasteiger partial charge in [-0.1, -0.05) is 34.6 Å². The quantitative estimate of drug-likeness (QED) is 0.274. The zero-order valence-corrected chi connectivity index (χ0v) is 29.2. The van der Waals surface area contributed by atoms with Gasteiger partial charge < -0.3 is 35.5 Å². The minimum Gasteiger partial charge on any atom is -0.461 e. The van der Waals surface area contributed by atoms with E-state index in [-0.39, 0.29) is 64.1 Å². The van der Waals surface area contributed by atoms with E-state index in [2.05, 4.69) is 34.6 Å². The summed E-state index contributed by atoms with van der Waals surface area (Å²) < 4.78 is 25.0. The van der Waals surface area contributed by atoms with Crippen molar-refractivity contribution in [3.63, 3.8) is 0 Å². The van der Waals surface area contributed by atoms with Crippen molar-refractivity contribution in [1.82, 2.24) is 0 Å². The first-order valence-electron chi connectivity index (χ1n) is 17.7. The van der Waals surface area contributed by atoms with Gasteiger partial charge in [0, 0.05) is 17.8 Å². The second kappa shape index (κ2) is 10.9. The van der Waals surface area contributed by atoms with Gasteiger partial charge in [0.1, 0.15) is 12.2 Å². The molecule has 10 nitrogen and oxygen atoms in total. The average molecular weight is 647 g/mol. The zero-order valence-electron chi connectivity index (χ0n) is 29.2. The highest BCUT2D eigenvalue weighted by atomic mass is 16.6. The van der Waals surface area contributed by atoms with Crippen LogP contribution in [-0.4, -0.2) is 72.2 Å². The Balaban J connectivity index is 1.38. The Bertz CT molecular complexity index is 1260. The van der Waals surface area contributed by atoms with Gasteiger partial charge in [0.05, 0.1) is 30.9 Å². The Morgan fingerprint density at radius 1 is 0.935 bits per heavy atom. The van der Waals surface area contributed by atoms with Crippen molar-refractivity contribution in [1.29, 1.82) is 0 Å². The summed E-state index contributed by atoms with van der Waals surface area (Å²) in [7, 11) is 0. The van der Waals surface area contributed by atoms with Gasteiger partial charge in [-0.05, 0) is 105 Å². The number of esters is 3. The lowest BCUT2D eigenvalue weighted by molar-refractivity contribution is -0.221. The molecule has 5 saturated carbocycles. The van der Waals surface area contributed by atoms with Crippen LogP contribution in [0.3, 0.4) is 0 Å². The van der Waals surface area contributed by atoms with Gasteiger partial charge in [0.15, 0.2) is 6.10 Å². The van der Waals surface area contributed by atoms with E-state index in [0.29, 0.717) is 18.3 Å². The predicted octanol–water partition coefficient (Wildman–Crippen LogP) is 3.88. The summed E-state index contributed by atoms with van der Waals surface area (Å²) in [6.45, 7) is 15.9. The van der Waals surface area contributed by atoms with Gasteiger partial charge in [-0.15, -0.1) is 0 Å². The number of nitrogens with two attached hydrogens (primary N) is 2. The summed E-state index contributed by atoms with van der Waals surface area (Å²) in [5, 5.41) is 11.1. The van der Waals surface area contributed by atoms with Gasteiger partial charge in [-0.3, -0.25) is 14.4 Å². The SMILES string of the molecule is CC(=O)OC(C1C[C@@H](C)C2C(O1)[C@H](OC(=O)CN)[C@@]1(C)C3CC[C@H]4C(C)(C)C(OC(=O)CN)CCC45CC35CCC21C)C(C)(C)O. The van der Waals surface area contributed by atoms with Crippen LogP contribution in [-0.2, 0) is 33.3 Å². The van der Waals surface area contributed by atoms with E-state index in [4.69, 9.17) is 30.4 Å². The normalized spacial score (nSPS) is 47.5. The molecule has 0 aromatic carbocycles. The Labute approximate surface area is 274 Å². The molecule has 46 heavy (non-hydrogen) atoms. The van der Waals surface area contributed by atoms with Crippen molar-refractivity contribution in [2.45, 2.75) is 143 Å². The van der Waals surface area contributed by atoms with Gasteiger partial charge in [0.25, 0.3) is 0 Å². The third-order valence-corrected chi connectivity index (χ3v) is 14.9. The molecule has 0 aromatic rings. The second-order valence-electron chi connectivity index (χ2n) is 17.6. The summed E-state index contributed by atoms with van der Waals surface area (Å²) in [6.07, 6.45) is 5.34. The van der Waals surface area contributed by atoms with Crippen LogP contribution in [0.4, 0.5) is 0 Å². The van der Waals surface area contributed by atoms with Gasteiger partial charge in [-0.2, -0.15) is 0 Å². The molecule has 2 spiro atoms. The van der Waals surface area contributed by atoms with E-state index in [0.717, 1.165) is 44.9 Å². The van der Waals surface area contributed by atoms with Crippen molar-refractivity contribution in [3.8, 4) is 0 Å². The van der Waals surface area contributed by atoms with Gasteiger partial charge >= 0.3 is 17.9 Å².